The van der Waals surface area contributed by atoms with Gasteiger partial charge < -0.3 is 50.3 Å². The van der Waals surface area contributed by atoms with Gasteiger partial charge in [-0.1, -0.05) is 0 Å². The maximum Gasteiger partial charge on any atom is 0.150 e. The molecule has 0 unspecified atom stereocenters. The topological polar surface area (TPSA) is 180 Å². The third-order valence-electron chi connectivity index (χ3n) is 4.21. The average molecular weight is 325 g/mol. The molecular formula is C12H21O10. The quantitative estimate of drug-likeness (QED) is 0.250. The van der Waals surface area contributed by atoms with Crippen molar-refractivity contribution in [3.8, 4) is 0 Å². The van der Waals surface area contributed by atoms with E-state index in [1.165, 1.54) is 0 Å². The van der Waals surface area contributed by atoms with Crippen molar-refractivity contribution in [1.29, 1.82) is 0 Å². The molecular weight excluding hydrogens is 304 g/mol. The molecule has 2 aliphatic rings. The lowest BCUT2D eigenvalue weighted by molar-refractivity contribution is -0.323. The van der Waals surface area contributed by atoms with Gasteiger partial charge in [-0.25, -0.2) is 0 Å². The third-order valence-corrected chi connectivity index (χ3v) is 4.21. The Bertz CT molecular complexity index is 379. The second-order valence-electron chi connectivity index (χ2n) is 5.52. The maximum atomic E-state index is 10.6. The molecule has 0 aromatic carbocycles. The molecule has 8 N–H and O–H groups in total. The van der Waals surface area contributed by atoms with E-state index in [0.717, 1.165) is 6.61 Å². The van der Waals surface area contributed by atoms with E-state index >= 15 is 0 Å². The van der Waals surface area contributed by atoms with Gasteiger partial charge in [-0.15, -0.1) is 0 Å². The predicted molar refractivity (Wildman–Crippen MR) is 67.0 cm³/mol. The van der Waals surface area contributed by atoms with Gasteiger partial charge in [-0.2, -0.15) is 0 Å². The highest BCUT2D eigenvalue weighted by Gasteiger charge is 2.61. The van der Waals surface area contributed by atoms with E-state index in [2.05, 4.69) is 0 Å². The van der Waals surface area contributed by atoms with Crippen LogP contribution in [0.4, 0.5) is 0 Å². The fourth-order valence-electron chi connectivity index (χ4n) is 2.79. The molecule has 0 spiro atoms. The van der Waals surface area contributed by atoms with Crippen LogP contribution in [-0.2, 0) is 9.47 Å². The summed E-state index contributed by atoms with van der Waals surface area (Å²) in [6, 6.07) is 0. The van der Waals surface area contributed by atoms with E-state index in [-0.39, 0.29) is 0 Å². The van der Waals surface area contributed by atoms with Crippen molar-refractivity contribution in [2.24, 2.45) is 0 Å². The number of aliphatic hydroxyl groups is 8. The van der Waals surface area contributed by atoms with Crippen molar-refractivity contribution in [3.05, 3.63) is 6.61 Å². The van der Waals surface area contributed by atoms with Crippen molar-refractivity contribution >= 4 is 0 Å². The van der Waals surface area contributed by atoms with Crippen molar-refractivity contribution < 1.29 is 50.3 Å². The van der Waals surface area contributed by atoms with Gasteiger partial charge in [0.25, 0.3) is 0 Å². The van der Waals surface area contributed by atoms with Crippen molar-refractivity contribution in [3.63, 3.8) is 0 Å². The number of hydrogen-bond acceptors (Lipinski definition) is 10. The van der Waals surface area contributed by atoms with Gasteiger partial charge in [0.2, 0.25) is 0 Å². The zero-order valence-electron chi connectivity index (χ0n) is 11.5. The molecule has 129 valence electrons. The zero-order chi connectivity index (χ0) is 16.7. The Morgan fingerprint density at radius 1 is 0.864 bits per heavy atom. The SMILES string of the molecule is OC[C@H]1O[C@@H]([C@]2(O)[C@H](O)[C@@H](CO)O[CH][C@@H]2O)[C@H](O)[C@@H](O)[C@@H]1O. The summed E-state index contributed by atoms with van der Waals surface area (Å²) in [5.41, 5.74) is -2.53. The van der Waals surface area contributed by atoms with Crippen LogP contribution >= 0.6 is 0 Å². The van der Waals surface area contributed by atoms with Gasteiger partial charge in [0.1, 0.15) is 55.4 Å². The zero-order valence-corrected chi connectivity index (χ0v) is 11.5. The van der Waals surface area contributed by atoms with Crippen LogP contribution in [0, 0.1) is 6.61 Å². The monoisotopic (exact) mass is 325 g/mol. The highest BCUT2D eigenvalue weighted by atomic mass is 16.6. The van der Waals surface area contributed by atoms with Gasteiger partial charge in [0, 0.05) is 0 Å². The molecule has 2 heterocycles. The van der Waals surface area contributed by atoms with Gasteiger partial charge in [0.05, 0.1) is 13.2 Å². The first-order valence-electron chi connectivity index (χ1n) is 6.77. The Morgan fingerprint density at radius 2 is 1.45 bits per heavy atom. The molecule has 2 fully saturated rings. The standard InChI is InChI=1S/C12H21O10/c13-1-4-7(16)8(17)9(18)11(22-4)12(20)6(15)3-21-5(2-14)10(12)19/h3-11,13-20H,1-2H2/t4-,5-,6+,7-,8+,9-,10-,11-,12-/m1/s1. The van der Waals surface area contributed by atoms with E-state index in [4.69, 9.17) is 19.7 Å². The lowest BCUT2D eigenvalue weighted by Crippen LogP contribution is -2.74. The summed E-state index contributed by atoms with van der Waals surface area (Å²) >= 11 is 0. The van der Waals surface area contributed by atoms with Crippen molar-refractivity contribution in [1.82, 2.24) is 0 Å². The maximum absolute atomic E-state index is 10.6. The molecule has 22 heavy (non-hydrogen) atoms. The van der Waals surface area contributed by atoms with Crippen molar-refractivity contribution in [2.75, 3.05) is 13.2 Å². The van der Waals surface area contributed by atoms with Crippen LogP contribution in [0.5, 0.6) is 0 Å². The molecule has 10 nitrogen and oxygen atoms in total. The van der Waals surface area contributed by atoms with Crippen LogP contribution < -0.4 is 0 Å². The molecule has 0 saturated carbocycles. The van der Waals surface area contributed by atoms with Crippen LogP contribution in [-0.4, -0.2) is 108 Å². The number of hydrogen-bond donors (Lipinski definition) is 8. The highest BCUT2D eigenvalue weighted by molar-refractivity contribution is 5.13. The fraction of sp³-hybridized carbons (Fsp3) is 0.917. The fourth-order valence-corrected chi connectivity index (χ4v) is 2.79. The van der Waals surface area contributed by atoms with E-state index in [0.29, 0.717) is 0 Å². The molecule has 0 bridgehead atoms. The normalized spacial score (nSPS) is 53.5. The molecule has 2 rings (SSSR count). The number of rotatable bonds is 3. The summed E-state index contributed by atoms with van der Waals surface area (Å²) in [6.07, 6.45) is -13.3. The molecule has 2 aliphatic heterocycles. The Hall–Kier alpha value is -0.400. The summed E-state index contributed by atoms with van der Waals surface area (Å²) in [6.45, 7) is -0.660. The largest absolute Gasteiger partial charge is 0.394 e. The van der Waals surface area contributed by atoms with Crippen LogP contribution in [0.15, 0.2) is 0 Å². The molecule has 0 aromatic rings. The first-order chi connectivity index (χ1) is 10.3. The Labute approximate surface area is 125 Å². The summed E-state index contributed by atoms with van der Waals surface area (Å²) < 4.78 is 10.0. The van der Waals surface area contributed by atoms with Gasteiger partial charge in [0.15, 0.2) is 5.60 Å². The molecule has 0 aliphatic carbocycles. The second-order valence-corrected chi connectivity index (χ2v) is 5.52. The van der Waals surface area contributed by atoms with E-state index in [1.54, 1.807) is 0 Å². The van der Waals surface area contributed by atoms with E-state index in [9.17, 15) is 30.6 Å². The Morgan fingerprint density at radius 3 is 2.00 bits per heavy atom. The average Bonchev–Trinajstić information content (AvgIpc) is 2.51. The minimum absolute atomic E-state index is 0.690. The number of ether oxygens (including phenoxy) is 2. The first-order valence-corrected chi connectivity index (χ1v) is 6.77. The molecule has 9 atom stereocenters. The summed E-state index contributed by atoms with van der Waals surface area (Å²) in [5, 5.41) is 78.4. The number of aliphatic hydroxyl groups excluding tert-OH is 7. The van der Waals surface area contributed by atoms with Gasteiger partial charge in [-0.3, -0.25) is 0 Å². The van der Waals surface area contributed by atoms with E-state index in [1.807, 2.05) is 0 Å². The van der Waals surface area contributed by atoms with Crippen LogP contribution in [0.1, 0.15) is 0 Å². The predicted octanol–water partition coefficient (Wildman–Crippen LogP) is -5.17. The summed E-state index contributed by atoms with van der Waals surface area (Å²) in [4.78, 5) is 0. The second kappa shape index (κ2) is 6.61. The molecule has 2 saturated heterocycles. The minimum Gasteiger partial charge on any atom is -0.394 e. The summed E-state index contributed by atoms with van der Waals surface area (Å²) in [7, 11) is 0. The van der Waals surface area contributed by atoms with Gasteiger partial charge in [-0.05, 0) is 0 Å². The smallest absolute Gasteiger partial charge is 0.150 e. The van der Waals surface area contributed by atoms with Crippen LogP contribution in [0.2, 0.25) is 0 Å². The first kappa shape index (κ1) is 17.9. The molecule has 10 heteroatoms. The lowest BCUT2D eigenvalue weighted by Gasteiger charge is -2.52. The van der Waals surface area contributed by atoms with E-state index < -0.39 is 67.6 Å². The van der Waals surface area contributed by atoms with Crippen LogP contribution in [0.25, 0.3) is 0 Å². The lowest BCUT2D eigenvalue weighted by atomic mass is 9.75. The van der Waals surface area contributed by atoms with Crippen molar-refractivity contribution in [2.45, 2.75) is 54.4 Å². The Kier molecular flexibility index (Phi) is 5.39. The Balaban J connectivity index is 2.33. The van der Waals surface area contributed by atoms with Crippen LogP contribution in [0.3, 0.4) is 0 Å². The highest BCUT2D eigenvalue weighted by Crippen LogP contribution is 2.37. The summed E-state index contributed by atoms with van der Waals surface area (Å²) in [5.74, 6) is 0. The minimum atomic E-state index is -2.53. The van der Waals surface area contributed by atoms with Gasteiger partial charge >= 0.3 is 0 Å². The molecule has 0 aromatic heterocycles. The molecule has 1 radical (unpaired) electrons. The third kappa shape index (κ3) is 2.65. The molecule has 0 amide bonds.